The van der Waals surface area contributed by atoms with E-state index in [1.54, 1.807) is 40.4 Å². The molecular formula is C20H25N5O5. The van der Waals surface area contributed by atoms with Crippen LogP contribution >= 0.6 is 0 Å². The van der Waals surface area contributed by atoms with E-state index in [9.17, 15) is 4.79 Å². The second-order valence-corrected chi connectivity index (χ2v) is 6.93. The number of aryl methyl sites for hydroxylation is 1. The number of morpholine rings is 1. The van der Waals surface area contributed by atoms with E-state index in [1.165, 1.54) is 10.6 Å². The van der Waals surface area contributed by atoms with Crippen molar-refractivity contribution in [3.63, 3.8) is 0 Å². The Hall–Kier alpha value is -3.27. The number of methoxy groups -OCH3 is 3. The molecule has 1 fully saturated rings. The predicted molar refractivity (Wildman–Crippen MR) is 111 cm³/mol. The second kappa shape index (κ2) is 8.23. The Morgan fingerprint density at radius 2 is 1.70 bits per heavy atom. The lowest BCUT2D eigenvalue weighted by molar-refractivity contribution is 0.0675. The Balaban J connectivity index is 1.90. The first-order valence-corrected chi connectivity index (χ1v) is 9.63. The fraction of sp³-hybridized carbons (Fsp3) is 0.450. The van der Waals surface area contributed by atoms with E-state index in [1.807, 2.05) is 0 Å². The van der Waals surface area contributed by atoms with Crippen molar-refractivity contribution < 1.29 is 18.9 Å². The maximum atomic E-state index is 12.9. The fourth-order valence-corrected chi connectivity index (χ4v) is 3.64. The van der Waals surface area contributed by atoms with Crippen LogP contribution in [0.3, 0.4) is 0 Å². The zero-order valence-electron chi connectivity index (χ0n) is 17.5. The van der Waals surface area contributed by atoms with Crippen LogP contribution in [-0.2, 0) is 4.74 Å². The number of nitrogens with zero attached hydrogens (tertiary/aromatic N) is 4. The van der Waals surface area contributed by atoms with Gasteiger partial charge in [-0.1, -0.05) is 0 Å². The summed E-state index contributed by atoms with van der Waals surface area (Å²) in [5.41, 5.74) is 1.08. The molecule has 10 heteroatoms. The molecule has 30 heavy (non-hydrogen) atoms. The minimum atomic E-state index is -0.686. The maximum absolute atomic E-state index is 12.9. The van der Waals surface area contributed by atoms with Crippen LogP contribution in [-0.4, -0.2) is 68.0 Å². The summed E-state index contributed by atoms with van der Waals surface area (Å²) >= 11 is 0. The van der Waals surface area contributed by atoms with Crippen LogP contribution in [0.4, 0.5) is 5.95 Å². The lowest BCUT2D eigenvalue weighted by atomic mass is 10.1. The summed E-state index contributed by atoms with van der Waals surface area (Å²) in [6.07, 6.45) is -0.686. The number of hydrogen-bond acceptors (Lipinski definition) is 9. The molecule has 0 bridgehead atoms. The summed E-state index contributed by atoms with van der Waals surface area (Å²) in [6.45, 7) is 4.39. The number of anilines is 1. The van der Waals surface area contributed by atoms with E-state index in [4.69, 9.17) is 23.9 Å². The molecule has 4 rings (SSSR count). The quantitative estimate of drug-likeness (QED) is 0.796. The van der Waals surface area contributed by atoms with E-state index >= 15 is 0 Å². The zero-order valence-corrected chi connectivity index (χ0v) is 17.5. The number of fused-ring (bicyclic) bond motifs is 1. The van der Waals surface area contributed by atoms with E-state index in [0.717, 1.165) is 0 Å². The third kappa shape index (κ3) is 3.54. The van der Waals surface area contributed by atoms with Gasteiger partial charge in [-0.15, -0.1) is 0 Å². The SMILES string of the molecule is COc1cc(OC)c(C2N=C(N3CCOCC3)Nc3nc(C)cc(=O)n32)cc1OC. The van der Waals surface area contributed by atoms with Gasteiger partial charge in [0.2, 0.25) is 11.9 Å². The smallest absolute Gasteiger partial charge is 0.257 e. The van der Waals surface area contributed by atoms with Gasteiger partial charge >= 0.3 is 0 Å². The van der Waals surface area contributed by atoms with E-state index in [-0.39, 0.29) is 5.56 Å². The summed E-state index contributed by atoms with van der Waals surface area (Å²) in [4.78, 5) is 24.4. The molecule has 1 unspecified atom stereocenters. The number of ether oxygens (including phenoxy) is 4. The minimum Gasteiger partial charge on any atom is -0.496 e. The van der Waals surface area contributed by atoms with Crippen LogP contribution in [0.2, 0.25) is 0 Å². The largest absolute Gasteiger partial charge is 0.496 e. The van der Waals surface area contributed by atoms with Gasteiger partial charge in [0.1, 0.15) is 5.75 Å². The Morgan fingerprint density at radius 3 is 2.37 bits per heavy atom. The van der Waals surface area contributed by atoms with Crippen molar-refractivity contribution in [2.75, 3.05) is 52.9 Å². The lowest BCUT2D eigenvalue weighted by Crippen LogP contribution is -2.47. The van der Waals surface area contributed by atoms with Crippen molar-refractivity contribution >= 4 is 11.9 Å². The molecule has 0 spiro atoms. The first-order chi connectivity index (χ1) is 14.5. The van der Waals surface area contributed by atoms with Crippen molar-refractivity contribution in [1.82, 2.24) is 14.5 Å². The van der Waals surface area contributed by atoms with Crippen molar-refractivity contribution in [2.24, 2.45) is 4.99 Å². The summed E-state index contributed by atoms with van der Waals surface area (Å²) in [5, 5.41) is 3.21. The average molecular weight is 415 g/mol. The molecule has 1 aromatic heterocycles. The first kappa shape index (κ1) is 20.0. The van der Waals surface area contributed by atoms with Crippen LogP contribution < -0.4 is 25.1 Å². The van der Waals surface area contributed by atoms with E-state index < -0.39 is 6.17 Å². The highest BCUT2D eigenvalue weighted by molar-refractivity contribution is 5.93. The molecule has 0 saturated carbocycles. The van der Waals surface area contributed by atoms with Crippen LogP contribution in [0.5, 0.6) is 17.2 Å². The highest BCUT2D eigenvalue weighted by atomic mass is 16.5. The number of hydrogen-bond donors (Lipinski definition) is 1. The Bertz CT molecular complexity index is 1030. The molecule has 1 saturated heterocycles. The fourth-order valence-electron chi connectivity index (χ4n) is 3.64. The van der Waals surface area contributed by atoms with Gasteiger partial charge in [0.25, 0.3) is 5.56 Å². The Labute approximate surface area is 174 Å². The monoisotopic (exact) mass is 415 g/mol. The number of rotatable bonds is 4. The van der Waals surface area contributed by atoms with Gasteiger partial charge in [0.05, 0.1) is 34.5 Å². The maximum Gasteiger partial charge on any atom is 0.257 e. The third-order valence-corrected chi connectivity index (χ3v) is 5.12. The summed E-state index contributed by atoms with van der Waals surface area (Å²) < 4.78 is 23.4. The van der Waals surface area contributed by atoms with Gasteiger partial charge in [-0.25, -0.2) is 9.98 Å². The van der Waals surface area contributed by atoms with Crippen LogP contribution in [0.25, 0.3) is 0 Å². The van der Waals surface area contributed by atoms with Gasteiger partial charge in [0.15, 0.2) is 17.7 Å². The van der Waals surface area contributed by atoms with Crippen molar-refractivity contribution in [3.8, 4) is 17.2 Å². The van der Waals surface area contributed by atoms with E-state index in [2.05, 4.69) is 15.2 Å². The molecule has 0 aliphatic carbocycles. The molecule has 10 nitrogen and oxygen atoms in total. The Morgan fingerprint density at radius 1 is 1.03 bits per heavy atom. The second-order valence-electron chi connectivity index (χ2n) is 6.93. The topological polar surface area (TPSA) is 99.4 Å². The Kier molecular flexibility index (Phi) is 5.49. The van der Waals surface area contributed by atoms with Crippen LogP contribution in [0.1, 0.15) is 17.4 Å². The summed E-state index contributed by atoms with van der Waals surface area (Å²) in [5.74, 6) is 2.64. The third-order valence-electron chi connectivity index (χ3n) is 5.12. The van der Waals surface area contributed by atoms with Gasteiger partial charge in [-0.3, -0.25) is 14.7 Å². The minimum absolute atomic E-state index is 0.211. The van der Waals surface area contributed by atoms with Crippen molar-refractivity contribution in [3.05, 3.63) is 39.8 Å². The molecule has 2 aromatic rings. The van der Waals surface area contributed by atoms with Crippen molar-refractivity contribution in [2.45, 2.75) is 13.1 Å². The highest BCUT2D eigenvalue weighted by Gasteiger charge is 2.31. The molecule has 2 aliphatic heterocycles. The number of nitrogens with one attached hydrogen (secondary N) is 1. The normalized spacial score (nSPS) is 18.2. The van der Waals surface area contributed by atoms with Crippen LogP contribution in [0.15, 0.2) is 28.0 Å². The van der Waals surface area contributed by atoms with Gasteiger partial charge < -0.3 is 23.8 Å². The number of benzene rings is 1. The molecular weight excluding hydrogens is 390 g/mol. The molecule has 3 heterocycles. The molecule has 0 radical (unpaired) electrons. The van der Waals surface area contributed by atoms with Crippen LogP contribution in [0, 0.1) is 6.92 Å². The summed E-state index contributed by atoms with van der Waals surface area (Å²) in [7, 11) is 4.68. The standard InChI is InChI=1S/C20H25N5O5/c1-12-9-17(26)25-18(13-10-15(28-3)16(29-4)11-14(13)27-2)22-19(23-20(25)21-12)24-5-7-30-8-6-24/h9-11,18H,5-8H2,1-4H3,(H,21,22,23). The van der Waals surface area contributed by atoms with Gasteiger partial charge in [-0.05, 0) is 13.0 Å². The highest BCUT2D eigenvalue weighted by Crippen LogP contribution is 2.40. The lowest BCUT2D eigenvalue weighted by Gasteiger charge is -2.35. The number of guanidine groups is 1. The zero-order chi connectivity index (χ0) is 21.3. The molecule has 0 amide bonds. The molecule has 1 atom stereocenters. The molecule has 1 aromatic carbocycles. The molecule has 160 valence electrons. The predicted octanol–water partition coefficient (Wildman–Crippen LogP) is 1.24. The average Bonchev–Trinajstić information content (AvgIpc) is 2.77. The summed E-state index contributed by atoms with van der Waals surface area (Å²) in [6, 6.07) is 5.00. The molecule has 1 N–H and O–H groups in total. The van der Waals surface area contributed by atoms with Crippen molar-refractivity contribution in [1.29, 1.82) is 0 Å². The number of aromatic nitrogens is 2. The van der Waals surface area contributed by atoms with Gasteiger partial charge in [-0.2, -0.15) is 0 Å². The molecule has 2 aliphatic rings. The van der Waals surface area contributed by atoms with E-state index in [0.29, 0.717) is 66.7 Å². The first-order valence-electron chi connectivity index (χ1n) is 9.63. The number of aliphatic imine (C=N–C) groups is 1. The van der Waals surface area contributed by atoms with Gasteiger partial charge in [0, 0.05) is 36.5 Å².